The second-order valence-corrected chi connectivity index (χ2v) is 7.01. The number of ether oxygens (including phenoxy) is 1. The molecule has 0 unspecified atom stereocenters. The Morgan fingerprint density at radius 3 is 2.48 bits per heavy atom. The number of rotatable bonds is 4. The van der Waals surface area contributed by atoms with E-state index in [1.807, 2.05) is 20.0 Å². The SMILES string of the molecule is CCOc1c(N(C2CCCCC2)C(C)(C)C)ccnc1C. The van der Waals surface area contributed by atoms with Crippen LogP contribution in [-0.4, -0.2) is 23.2 Å². The van der Waals surface area contributed by atoms with Gasteiger partial charge in [-0.05, 0) is 53.5 Å². The summed E-state index contributed by atoms with van der Waals surface area (Å²) >= 11 is 0. The van der Waals surface area contributed by atoms with E-state index in [0.29, 0.717) is 12.6 Å². The molecule has 118 valence electrons. The van der Waals surface area contributed by atoms with Gasteiger partial charge in [0.2, 0.25) is 0 Å². The second-order valence-electron chi connectivity index (χ2n) is 7.01. The molecule has 1 aromatic rings. The lowest BCUT2D eigenvalue weighted by molar-refractivity contribution is 0.320. The van der Waals surface area contributed by atoms with Crippen LogP contribution in [0.4, 0.5) is 5.69 Å². The van der Waals surface area contributed by atoms with Gasteiger partial charge in [0.25, 0.3) is 0 Å². The zero-order chi connectivity index (χ0) is 15.5. The van der Waals surface area contributed by atoms with Gasteiger partial charge in [0.1, 0.15) is 0 Å². The first-order valence-electron chi connectivity index (χ1n) is 8.33. The molecule has 1 aromatic heterocycles. The average molecular weight is 290 g/mol. The fraction of sp³-hybridized carbons (Fsp3) is 0.722. The Bertz CT molecular complexity index is 459. The first kappa shape index (κ1) is 16.1. The molecule has 1 aliphatic carbocycles. The molecule has 0 aromatic carbocycles. The number of hydrogen-bond acceptors (Lipinski definition) is 3. The van der Waals surface area contributed by atoms with Gasteiger partial charge in [0.05, 0.1) is 18.0 Å². The quantitative estimate of drug-likeness (QED) is 0.802. The van der Waals surface area contributed by atoms with Gasteiger partial charge in [-0.3, -0.25) is 4.98 Å². The van der Waals surface area contributed by atoms with Crippen molar-refractivity contribution in [2.75, 3.05) is 11.5 Å². The monoisotopic (exact) mass is 290 g/mol. The molecule has 0 spiro atoms. The minimum absolute atomic E-state index is 0.0850. The number of nitrogens with zero attached hydrogens (tertiary/aromatic N) is 2. The van der Waals surface area contributed by atoms with Gasteiger partial charge in [-0.15, -0.1) is 0 Å². The van der Waals surface area contributed by atoms with Crippen LogP contribution in [0.25, 0.3) is 0 Å². The fourth-order valence-corrected chi connectivity index (χ4v) is 3.50. The Labute approximate surface area is 129 Å². The van der Waals surface area contributed by atoms with E-state index in [0.717, 1.165) is 11.4 Å². The van der Waals surface area contributed by atoms with Gasteiger partial charge in [-0.25, -0.2) is 0 Å². The third-order valence-electron chi connectivity index (χ3n) is 4.27. The molecular formula is C18H30N2O. The van der Waals surface area contributed by atoms with E-state index in [1.165, 1.54) is 37.8 Å². The molecule has 21 heavy (non-hydrogen) atoms. The highest BCUT2D eigenvalue weighted by Gasteiger charge is 2.32. The van der Waals surface area contributed by atoms with Crippen molar-refractivity contribution in [3.05, 3.63) is 18.0 Å². The third kappa shape index (κ3) is 3.69. The van der Waals surface area contributed by atoms with E-state index in [2.05, 4.69) is 36.7 Å². The Morgan fingerprint density at radius 1 is 1.24 bits per heavy atom. The highest BCUT2D eigenvalue weighted by atomic mass is 16.5. The Morgan fingerprint density at radius 2 is 1.90 bits per heavy atom. The van der Waals surface area contributed by atoms with Crippen molar-refractivity contribution in [3.8, 4) is 5.75 Å². The maximum absolute atomic E-state index is 5.93. The largest absolute Gasteiger partial charge is 0.490 e. The fourth-order valence-electron chi connectivity index (χ4n) is 3.50. The molecule has 0 N–H and O–H groups in total. The normalized spacial score (nSPS) is 16.8. The van der Waals surface area contributed by atoms with Crippen molar-refractivity contribution in [2.45, 2.75) is 78.3 Å². The van der Waals surface area contributed by atoms with E-state index in [-0.39, 0.29) is 5.54 Å². The van der Waals surface area contributed by atoms with Crippen molar-refractivity contribution in [2.24, 2.45) is 0 Å². The van der Waals surface area contributed by atoms with Crippen LogP contribution >= 0.6 is 0 Å². The molecule has 0 radical (unpaired) electrons. The van der Waals surface area contributed by atoms with E-state index in [9.17, 15) is 0 Å². The second kappa shape index (κ2) is 6.67. The van der Waals surface area contributed by atoms with Crippen LogP contribution in [0.3, 0.4) is 0 Å². The van der Waals surface area contributed by atoms with Gasteiger partial charge in [-0.1, -0.05) is 19.3 Å². The zero-order valence-corrected chi connectivity index (χ0v) is 14.3. The van der Waals surface area contributed by atoms with Crippen LogP contribution < -0.4 is 9.64 Å². The molecule has 1 fully saturated rings. The lowest BCUT2D eigenvalue weighted by atomic mass is 9.90. The predicted octanol–water partition coefficient (Wildman–Crippen LogP) is 4.73. The van der Waals surface area contributed by atoms with Crippen molar-refractivity contribution in [1.29, 1.82) is 0 Å². The van der Waals surface area contributed by atoms with Crippen LogP contribution in [0.15, 0.2) is 12.3 Å². The standard InChI is InChI=1S/C18H30N2O/c1-6-21-17-14(2)19-13-12-16(17)20(18(3,4)5)15-10-8-7-9-11-15/h12-13,15H,6-11H2,1-5H3. The summed E-state index contributed by atoms with van der Waals surface area (Å²) in [7, 11) is 0. The van der Waals surface area contributed by atoms with Crippen LogP contribution in [0, 0.1) is 6.92 Å². The molecule has 0 atom stereocenters. The van der Waals surface area contributed by atoms with Crippen molar-refractivity contribution >= 4 is 5.69 Å². The maximum atomic E-state index is 5.93. The lowest BCUT2D eigenvalue weighted by Crippen LogP contribution is -2.49. The molecule has 1 aliphatic rings. The molecule has 2 rings (SSSR count). The molecule has 1 heterocycles. The molecule has 3 nitrogen and oxygen atoms in total. The Hall–Kier alpha value is -1.25. The number of hydrogen-bond donors (Lipinski definition) is 0. The highest BCUT2D eigenvalue weighted by Crippen LogP contribution is 2.39. The van der Waals surface area contributed by atoms with Gasteiger partial charge >= 0.3 is 0 Å². The van der Waals surface area contributed by atoms with E-state index < -0.39 is 0 Å². The summed E-state index contributed by atoms with van der Waals surface area (Å²) in [5, 5.41) is 0. The minimum atomic E-state index is 0.0850. The van der Waals surface area contributed by atoms with Crippen molar-refractivity contribution < 1.29 is 4.74 Å². The van der Waals surface area contributed by atoms with Gasteiger partial charge in [-0.2, -0.15) is 0 Å². The maximum Gasteiger partial charge on any atom is 0.163 e. The minimum Gasteiger partial charge on any atom is -0.490 e. The van der Waals surface area contributed by atoms with Gasteiger partial charge < -0.3 is 9.64 Å². The topological polar surface area (TPSA) is 25.4 Å². The number of anilines is 1. The Balaban J connectivity index is 2.43. The predicted molar refractivity (Wildman–Crippen MR) is 89.2 cm³/mol. The number of pyridine rings is 1. The summed E-state index contributed by atoms with van der Waals surface area (Å²) in [4.78, 5) is 6.99. The summed E-state index contributed by atoms with van der Waals surface area (Å²) in [5.41, 5.74) is 2.28. The molecule has 0 saturated heterocycles. The van der Waals surface area contributed by atoms with E-state index in [4.69, 9.17) is 4.74 Å². The van der Waals surface area contributed by atoms with Crippen molar-refractivity contribution in [3.63, 3.8) is 0 Å². The van der Waals surface area contributed by atoms with E-state index in [1.54, 1.807) is 0 Å². The summed E-state index contributed by atoms with van der Waals surface area (Å²) in [6.07, 6.45) is 8.53. The number of aryl methyl sites for hydroxylation is 1. The first-order chi connectivity index (χ1) is 9.95. The third-order valence-corrected chi connectivity index (χ3v) is 4.27. The lowest BCUT2D eigenvalue weighted by Gasteiger charge is -2.45. The zero-order valence-electron chi connectivity index (χ0n) is 14.3. The molecule has 0 aliphatic heterocycles. The van der Waals surface area contributed by atoms with E-state index >= 15 is 0 Å². The van der Waals surface area contributed by atoms with Crippen LogP contribution in [0.1, 0.15) is 65.5 Å². The summed E-state index contributed by atoms with van der Waals surface area (Å²) < 4.78 is 5.93. The highest BCUT2D eigenvalue weighted by molar-refractivity contribution is 5.62. The first-order valence-corrected chi connectivity index (χ1v) is 8.33. The molecule has 3 heteroatoms. The van der Waals surface area contributed by atoms with Crippen molar-refractivity contribution in [1.82, 2.24) is 4.98 Å². The summed E-state index contributed by atoms with van der Waals surface area (Å²) in [6, 6.07) is 2.73. The van der Waals surface area contributed by atoms with Crippen LogP contribution in [0.2, 0.25) is 0 Å². The van der Waals surface area contributed by atoms with Crippen LogP contribution in [-0.2, 0) is 0 Å². The van der Waals surface area contributed by atoms with Crippen LogP contribution in [0.5, 0.6) is 5.75 Å². The smallest absolute Gasteiger partial charge is 0.163 e. The van der Waals surface area contributed by atoms with Gasteiger partial charge in [0, 0.05) is 17.8 Å². The molecular weight excluding hydrogens is 260 g/mol. The molecule has 0 amide bonds. The Kier molecular flexibility index (Phi) is 5.13. The molecule has 0 bridgehead atoms. The summed E-state index contributed by atoms with van der Waals surface area (Å²) in [6.45, 7) is 11.7. The van der Waals surface area contributed by atoms with Gasteiger partial charge in [0.15, 0.2) is 5.75 Å². The molecule has 1 saturated carbocycles. The number of aromatic nitrogens is 1. The summed E-state index contributed by atoms with van der Waals surface area (Å²) in [5.74, 6) is 0.959. The average Bonchev–Trinajstić information content (AvgIpc) is 2.42.